The molecule has 0 bridgehead atoms. The molecule has 3 rings (SSSR count). The summed E-state index contributed by atoms with van der Waals surface area (Å²) in [6, 6.07) is 8.75. The maximum atomic E-state index is 12.3. The Balaban J connectivity index is 1.61. The SMILES string of the molecule is CC(C)[C@H](NCC(=O)N1CCNC1=O)c1ccc(C2CCCCC2)cc1. The van der Waals surface area contributed by atoms with Crippen LogP contribution >= 0.6 is 0 Å². The Kier molecular flexibility index (Phi) is 6.30. The molecule has 1 saturated carbocycles. The summed E-state index contributed by atoms with van der Waals surface area (Å²) in [7, 11) is 0. The van der Waals surface area contributed by atoms with Crippen molar-refractivity contribution in [3.8, 4) is 0 Å². The summed E-state index contributed by atoms with van der Waals surface area (Å²) in [6.45, 7) is 5.49. The molecule has 5 heteroatoms. The van der Waals surface area contributed by atoms with Gasteiger partial charge in [-0.05, 0) is 35.8 Å². The van der Waals surface area contributed by atoms with Crippen LogP contribution in [-0.4, -0.2) is 36.5 Å². The van der Waals surface area contributed by atoms with Gasteiger partial charge in [0.2, 0.25) is 5.91 Å². The first-order valence-electron chi connectivity index (χ1n) is 9.97. The number of hydrogen-bond acceptors (Lipinski definition) is 3. The second-order valence-corrected chi connectivity index (χ2v) is 7.88. The van der Waals surface area contributed by atoms with E-state index in [-0.39, 0.29) is 24.5 Å². The van der Waals surface area contributed by atoms with Crippen LogP contribution in [0.3, 0.4) is 0 Å². The second-order valence-electron chi connectivity index (χ2n) is 7.88. The third-order valence-corrected chi connectivity index (χ3v) is 5.67. The maximum Gasteiger partial charge on any atom is 0.324 e. The highest BCUT2D eigenvalue weighted by Gasteiger charge is 2.27. The lowest BCUT2D eigenvalue weighted by Crippen LogP contribution is -2.41. The van der Waals surface area contributed by atoms with Crippen molar-refractivity contribution in [2.24, 2.45) is 5.92 Å². The predicted molar refractivity (Wildman–Crippen MR) is 103 cm³/mol. The fourth-order valence-electron chi connectivity index (χ4n) is 4.15. The minimum atomic E-state index is -0.283. The lowest BCUT2D eigenvalue weighted by Gasteiger charge is -2.25. The molecular weight excluding hydrogens is 326 g/mol. The molecule has 0 radical (unpaired) electrons. The zero-order valence-electron chi connectivity index (χ0n) is 16.0. The molecule has 0 unspecified atom stereocenters. The quantitative estimate of drug-likeness (QED) is 0.818. The number of nitrogens with one attached hydrogen (secondary N) is 2. The van der Waals surface area contributed by atoms with E-state index >= 15 is 0 Å². The third kappa shape index (κ3) is 4.44. The monoisotopic (exact) mass is 357 g/mol. The van der Waals surface area contributed by atoms with Crippen LogP contribution in [0.4, 0.5) is 4.79 Å². The topological polar surface area (TPSA) is 61.4 Å². The van der Waals surface area contributed by atoms with Crippen LogP contribution in [0, 0.1) is 5.92 Å². The summed E-state index contributed by atoms with van der Waals surface area (Å²) in [5.41, 5.74) is 2.65. The summed E-state index contributed by atoms with van der Waals surface area (Å²) in [5.74, 6) is 0.902. The Bertz CT molecular complexity index is 621. The largest absolute Gasteiger partial charge is 0.336 e. The molecule has 1 atom stereocenters. The van der Waals surface area contributed by atoms with Gasteiger partial charge in [0.25, 0.3) is 0 Å². The number of amides is 3. The first-order valence-corrected chi connectivity index (χ1v) is 9.97. The number of hydrogen-bond donors (Lipinski definition) is 2. The summed E-state index contributed by atoms with van der Waals surface area (Å²) >= 11 is 0. The van der Waals surface area contributed by atoms with Crippen molar-refractivity contribution < 1.29 is 9.59 Å². The molecule has 0 aromatic heterocycles. The summed E-state index contributed by atoms with van der Waals surface area (Å²) in [6.07, 6.45) is 6.66. The van der Waals surface area contributed by atoms with Crippen LogP contribution < -0.4 is 10.6 Å². The predicted octanol–water partition coefficient (Wildman–Crippen LogP) is 3.57. The molecule has 1 aromatic carbocycles. The Morgan fingerprint density at radius 3 is 2.46 bits per heavy atom. The van der Waals surface area contributed by atoms with Crippen molar-refractivity contribution in [3.63, 3.8) is 0 Å². The maximum absolute atomic E-state index is 12.3. The molecule has 2 fully saturated rings. The van der Waals surface area contributed by atoms with Crippen molar-refractivity contribution in [1.82, 2.24) is 15.5 Å². The number of imide groups is 1. The van der Waals surface area contributed by atoms with Gasteiger partial charge >= 0.3 is 6.03 Å². The van der Waals surface area contributed by atoms with Gasteiger partial charge in [0, 0.05) is 19.1 Å². The van der Waals surface area contributed by atoms with E-state index in [0.717, 1.165) is 0 Å². The Morgan fingerprint density at radius 1 is 1.19 bits per heavy atom. The molecule has 3 amide bonds. The van der Waals surface area contributed by atoms with E-state index in [2.05, 4.69) is 48.7 Å². The smallest absolute Gasteiger partial charge is 0.324 e. The number of carbonyl (C=O) groups excluding carboxylic acids is 2. The Hall–Kier alpha value is -1.88. The molecule has 142 valence electrons. The van der Waals surface area contributed by atoms with Gasteiger partial charge in [-0.3, -0.25) is 9.69 Å². The van der Waals surface area contributed by atoms with Crippen LogP contribution in [0.5, 0.6) is 0 Å². The summed E-state index contributed by atoms with van der Waals surface area (Å²) in [5, 5.41) is 6.03. The van der Waals surface area contributed by atoms with E-state index < -0.39 is 0 Å². The molecule has 26 heavy (non-hydrogen) atoms. The van der Waals surface area contributed by atoms with Gasteiger partial charge in [0.05, 0.1) is 6.54 Å². The van der Waals surface area contributed by atoms with Gasteiger partial charge in [0.15, 0.2) is 0 Å². The van der Waals surface area contributed by atoms with Crippen LogP contribution in [0.25, 0.3) is 0 Å². The van der Waals surface area contributed by atoms with Crippen LogP contribution in [0.15, 0.2) is 24.3 Å². The van der Waals surface area contributed by atoms with Crippen LogP contribution in [-0.2, 0) is 4.79 Å². The normalized spacial score (nSPS) is 19.7. The number of rotatable bonds is 6. The second kappa shape index (κ2) is 8.67. The fraction of sp³-hybridized carbons (Fsp3) is 0.619. The molecule has 0 spiro atoms. The van der Waals surface area contributed by atoms with Gasteiger partial charge in [-0.25, -0.2) is 4.79 Å². The molecule has 2 N–H and O–H groups in total. The van der Waals surface area contributed by atoms with Crippen molar-refractivity contribution in [1.29, 1.82) is 0 Å². The van der Waals surface area contributed by atoms with Gasteiger partial charge in [-0.1, -0.05) is 57.4 Å². The molecule has 5 nitrogen and oxygen atoms in total. The van der Waals surface area contributed by atoms with E-state index in [1.54, 1.807) is 0 Å². The molecular formula is C21H31N3O2. The van der Waals surface area contributed by atoms with Crippen LogP contribution in [0.1, 0.15) is 69.0 Å². The molecule has 1 saturated heterocycles. The molecule has 2 aliphatic rings. The van der Waals surface area contributed by atoms with Gasteiger partial charge in [-0.15, -0.1) is 0 Å². The van der Waals surface area contributed by atoms with E-state index in [4.69, 9.17) is 0 Å². The van der Waals surface area contributed by atoms with Crippen molar-refractivity contribution in [3.05, 3.63) is 35.4 Å². The third-order valence-electron chi connectivity index (χ3n) is 5.67. The number of urea groups is 1. The highest BCUT2D eigenvalue weighted by molar-refractivity contribution is 5.96. The van der Waals surface area contributed by atoms with Crippen LogP contribution in [0.2, 0.25) is 0 Å². The minimum Gasteiger partial charge on any atom is -0.336 e. The number of benzene rings is 1. The van der Waals surface area contributed by atoms with Gasteiger partial charge in [0.1, 0.15) is 0 Å². The standard InChI is InChI=1S/C21H31N3O2/c1-15(2)20(23-14-19(25)24-13-12-22-21(24)26)18-10-8-17(9-11-18)16-6-4-3-5-7-16/h8-11,15-16,20,23H,3-7,12-14H2,1-2H3,(H,22,26)/t20-/m0/s1. The summed E-state index contributed by atoms with van der Waals surface area (Å²) in [4.78, 5) is 25.2. The number of carbonyl (C=O) groups is 2. The lowest BCUT2D eigenvalue weighted by atomic mass is 9.83. The highest BCUT2D eigenvalue weighted by Crippen LogP contribution is 2.33. The van der Waals surface area contributed by atoms with Crippen molar-refractivity contribution in [2.45, 2.75) is 57.9 Å². The Morgan fingerprint density at radius 2 is 1.88 bits per heavy atom. The zero-order valence-corrected chi connectivity index (χ0v) is 16.0. The summed E-state index contributed by atoms with van der Waals surface area (Å²) < 4.78 is 0. The van der Waals surface area contributed by atoms with Crippen molar-refractivity contribution >= 4 is 11.9 Å². The van der Waals surface area contributed by atoms with Crippen molar-refractivity contribution in [2.75, 3.05) is 19.6 Å². The van der Waals surface area contributed by atoms with E-state index in [0.29, 0.717) is 24.9 Å². The first kappa shape index (κ1) is 18.9. The Labute approximate surface area is 156 Å². The van der Waals surface area contributed by atoms with Gasteiger partial charge < -0.3 is 10.6 Å². The minimum absolute atomic E-state index is 0.102. The molecule has 1 aromatic rings. The highest BCUT2D eigenvalue weighted by atomic mass is 16.2. The van der Waals surface area contributed by atoms with E-state index in [1.165, 1.54) is 48.1 Å². The number of nitrogens with zero attached hydrogens (tertiary/aromatic N) is 1. The molecule has 1 aliphatic carbocycles. The molecule has 1 heterocycles. The van der Waals surface area contributed by atoms with Gasteiger partial charge in [-0.2, -0.15) is 0 Å². The lowest BCUT2D eigenvalue weighted by molar-refractivity contribution is -0.126. The fourth-order valence-corrected chi connectivity index (χ4v) is 4.15. The van der Waals surface area contributed by atoms with E-state index in [9.17, 15) is 9.59 Å². The average Bonchev–Trinajstić information content (AvgIpc) is 3.09. The molecule has 1 aliphatic heterocycles. The van der Waals surface area contributed by atoms with E-state index in [1.807, 2.05) is 0 Å². The zero-order chi connectivity index (χ0) is 18.5. The first-order chi connectivity index (χ1) is 12.6. The average molecular weight is 357 g/mol.